The Bertz CT molecular complexity index is 589. The first-order chi connectivity index (χ1) is 12.0. The minimum atomic E-state index is -2.82. The summed E-state index contributed by atoms with van der Waals surface area (Å²) in [7, 11) is 0. The number of rotatable bonds is 10. The zero-order chi connectivity index (χ0) is 17.8. The lowest BCUT2D eigenvalue weighted by molar-refractivity contribution is -0.139. The van der Waals surface area contributed by atoms with Crippen LogP contribution < -0.4 is 10.1 Å². The van der Waals surface area contributed by atoms with Gasteiger partial charge in [0.05, 0.1) is 6.54 Å². The zero-order valence-electron chi connectivity index (χ0n) is 14.0. The lowest BCUT2D eigenvalue weighted by atomic mass is 9.85. The Hall–Kier alpha value is -1.73. The second kappa shape index (κ2) is 8.10. The average Bonchev–Trinajstić information content (AvgIpc) is 3.28. The third kappa shape index (κ3) is 5.64. The molecule has 25 heavy (non-hydrogen) atoms. The number of nitrogens with one attached hydrogen (secondary N) is 1. The standard InChI is InChI=1S/C18H24F2N2O3/c19-18(20)25-16-3-1-2-13(6-16)9-21-14-7-15(8-14)22(11-17(23)24)10-12-4-5-12/h1-3,6,12,14-15,18,21H,4-5,7-11H2,(H,23,24). The molecule has 2 saturated carbocycles. The van der Waals surface area contributed by atoms with Crippen molar-refractivity contribution in [3.63, 3.8) is 0 Å². The van der Waals surface area contributed by atoms with Crippen LogP contribution in [0.3, 0.4) is 0 Å². The Kier molecular flexibility index (Phi) is 5.86. The smallest absolute Gasteiger partial charge is 0.387 e. The minimum Gasteiger partial charge on any atom is -0.480 e. The van der Waals surface area contributed by atoms with Gasteiger partial charge in [-0.15, -0.1) is 0 Å². The predicted octanol–water partition coefficient (Wildman–Crippen LogP) is 2.71. The molecule has 2 fully saturated rings. The molecule has 0 radical (unpaired) electrons. The third-order valence-electron chi connectivity index (χ3n) is 4.88. The van der Waals surface area contributed by atoms with Crippen molar-refractivity contribution in [2.45, 2.75) is 50.9 Å². The van der Waals surface area contributed by atoms with Crippen molar-refractivity contribution in [1.82, 2.24) is 10.2 Å². The van der Waals surface area contributed by atoms with Gasteiger partial charge in [0.25, 0.3) is 0 Å². The number of nitrogens with zero attached hydrogens (tertiary/aromatic N) is 1. The Morgan fingerprint density at radius 2 is 2.12 bits per heavy atom. The maximum atomic E-state index is 12.2. The van der Waals surface area contributed by atoms with Gasteiger partial charge in [0.2, 0.25) is 0 Å². The summed E-state index contributed by atoms with van der Waals surface area (Å²) in [5.41, 5.74) is 0.891. The Balaban J connectivity index is 1.42. The Morgan fingerprint density at radius 1 is 1.36 bits per heavy atom. The average molecular weight is 354 g/mol. The highest BCUT2D eigenvalue weighted by Crippen LogP contribution is 2.33. The molecular formula is C18H24F2N2O3. The summed E-state index contributed by atoms with van der Waals surface area (Å²) in [6.07, 6.45) is 4.27. The Labute approximate surface area is 146 Å². The number of halogens is 2. The van der Waals surface area contributed by atoms with Crippen molar-refractivity contribution in [2.75, 3.05) is 13.1 Å². The number of hydrogen-bond donors (Lipinski definition) is 2. The van der Waals surface area contributed by atoms with E-state index < -0.39 is 12.6 Å². The van der Waals surface area contributed by atoms with E-state index in [1.165, 1.54) is 18.9 Å². The monoisotopic (exact) mass is 354 g/mol. The number of alkyl halides is 2. The van der Waals surface area contributed by atoms with Crippen LogP contribution in [0.15, 0.2) is 24.3 Å². The van der Waals surface area contributed by atoms with Gasteiger partial charge in [0.15, 0.2) is 0 Å². The highest BCUT2D eigenvalue weighted by molar-refractivity contribution is 5.69. The van der Waals surface area contributed by atoms with Gasteiger partial charge in [0.1, 0.15) is 5.75 Å². The van der Waals surface area contributed by atoms with Gasteiger partial charge < -0.3 is 15.2 Å². The van der Waals surface area contributed by atoms with E-state index in [2.05, 4.69) is 15.0 Å². The number of benzene rings is 1. The fourth-order valence-electron chi connectivity index (χ4n) is 3.29. The molecule has 5 nitrogen and oxygen atoms in total. The predicted molar refractivity (Wildman–Crippen MR) is 88.7 cm³/mol. The molecule has 0 saturated heterocycles. The Morgan fingerprint density at radius 3 is 2.76 bits per heavy atom. The van der Waals surface area contributed by atoms with Crippen LogP contribution in [0.1, 0.15) is 31.2 Å². The van der Waals surface area contributed by atoms with E-state index in [9.17, 15) is 13.6 Å². The van der Waals surface area contributed by atoms with Crippen LogP contribution >= 0.6 is 0 Å². The molecule has 2 aliphatic carbocycles. The van der Waals surface area contributed by atoms with Crippen LogP contribution in [-0.2, 0) is 11.3 Å². The van der Waals surface area contributed by atoms with Gasteiger partial charge in [-0.2, -0.15) is 8.78 Å². The SMILES string of the molecule is O=C(O)CN(CC1CC1)C1CC(NCc2cccc(OC(F)F)c2)C1. The molecular weight excluding hydrogens is 330 g/mol. The molecule has 3 rings (SSSR count). The summed E-state index contributed by atoms with van der Waals surface area (Å²) in [5, 5.41) is 12.5. The maximum absolute atomic E-state index is 12.2. The second-order valence-corrected chi connectivity index (χ2v) is 7.00. The van der Waals surface area contributed by atoms with Gasteiger partial charge in [0, 0.05) is 25.2 Å². The molecule has 0 atom stereocenters. The van der Waals surface area contributed by atoms with E-state index in [-0.39, 0.29) is 12.3 Å². The first kappa shape index (κ1) is 18.1. The minimum absolute atomic E-state index is 0.112. The van der Waals surface area contributed by atoms with Crippen LogP contribution in [-0.4, -0.2) is 47.8 Å². The molecule has 0 unspecified atom stereocenters. The maximum Gasteiger partial charge on any atom is 0.387 e. The summed E-state index contributed by atoms with van der Waals surface area (Å²) < 4.78 is 28.9. The third-order valence-corrected chi connectivity index (χ3v) is 4.88. The van der Waals surface area contributed by atoms with E-state index in [1.54, 1.807) is 12.1 Å². The number of carboxylic acid groups (broad SMARTS) is 1. The van der Waals surface area contributed by atoms with Gasteiger partial charge in [-0.3, -0.25) is 9.69 Å². The second-order valence-electron chi connectivity index (χ2n) is 7.00. The van der Waals surface area contributed by atoms with Crippen LogP contribution in [0, 0.1) is 5.92 Å². The molecule has 0 aromatic heterocycles. The normalized spacial score (nSPS) is 22.9. The highest BCUT2D eigenvalue weighted by Gasteiger charge is 2.36. The van der Waals surface area contributed by atoms with E-state index in [4.69, 9.17) is 5.11 Å². The van der Waals surface area contributed by atoms with Crippen LogP contribution in [0.2, 0.25) is 0 Å². The van der Waals surface area contributed by atoms with Crippen LogP contribution in [0.5, 0.6) is 5.75 Å². The summed E-state index contributed by atoms with van der Waals surface area (Å²) in [6, 6.07) is 7.34. The number of carbonyl (C=O) groups is 1. The van der Waals surface area contributed by atoms with Crippen molar-refractivity contribution in [3.8, 4) is 5.75 Å². The first-order valence-corrected chi connectivity index (χ1v) is 8.72. The molecule has 1 aromatic rings. The number of ether oxygens (including phenoxy) is 1. The first-order valence-electron chi connectivity index (χ1n) is 8.72. The van der Waals surface area contributed by atoms with Crippen molar-refractivity contribution >= 4 is 5.97 Å². The van der Waals surface area contributed by atoms with Crippen LogP contribution in [0.4, 0.5) is 8.78 Å². The quantitative estimate of drug-likeness (QED) is 0.676. The van der Waals surface area contributed by atoms with Crippen molar-refractivity contribution in [3.05, 3.63) is 29.8 Å². The molecule has 0 heterocycles. The van der Waals surface area contributed by atoms with Gasteiger partial charge in [-0.05, 0) is 49.3 Å². The molecule has 7 heteroatoms. The van der Waals surface area contributed by atoms with Gasteiger partial charge in [-0.25, -0.2) is 0 Å². The molecule has 2 N–H and O–H groups in total. The van der Waals surface area contributed by atoms with E-state index in [0.29, 0.717) is 24.5 Å². The molecule has 0 amide bonds. The molecule has 1 aromatic carbocycles. The highest BCUT2D eigenvalue weighted by atomic mass is 19.3. The van der Waals surface area contributed by atoms with Gasteiger partial charge >= 0.3 is 12.6 Å². The van der Waals surface area contributed by atoms with E-state index >= 15 is 0 Å². The van der Waals surface area contributed by atoms with Crippen molar-refractivity contribution < 1.29 is 23.4 Å². The molecule has 0 aliphatic heterocycles. The summed E-state index contributed by atoms with van der Waals surface area (Å²) in [5.74, 6) is 0.0645. The van der Waals surface area contributed by atoms with E-state index in [0.717, 1.165) is 24.9 Å². The summed E-state index contributed by atoms with van der Waals surface area (Å²) >= 11 is 0. The molecule has 138 valence electrons. The number of carboxylic acids is 1. The van der Waals surface area contributed by atoms with Crippen molar-refractivity contribution in [2.24, 2.45) is 5.92 Å². The zero-order valence-corrected chi connectivity index (χ0v) is 14.0. The van der Waals surface area contributed by atoms with Crippen LogP contribution in [0.25, 0.3) is 0 Å². The van der Waals surface area contributed by atoms with Gasteiger partial charge in [-0.1, -0.05) is 12.1 Å². The summed E-state index contributed by atoms with van der Waals surface area (Å²) in [6.45, 7) is -1.24. The summed E-state index contributed by atoms with van der Waals surface area (Å²) in [4.78, 5) is 13.1. The lowest BCUT2D eigenvalue weighted by Crippen LogP contribution is -2.54. The topological polar surface area (TPSA) is 61.8 Å². The lowest BCUT2D eigenvalue weighted by Gasteiger charge is -2.43. The number of hydrogen-bond acceptors (Lipinski definition) is 4. The number of aliphatic carboxylic acids is 1. The fourth-order valence-corrected chi connectivity index (χ4v) is 3.29. The molecule has 2 aliphatic rings. The fraction of sp³-hybridized carbons (Fsp3) is 0.611. The molecule has 0 spiro atoms. The van der Waals surface area contributed by atoms with Crippen molar-refractivity contribution in [1.29, 1.82) is 0 Å². The van der Waals surface area contributed by atoms with E-state index in [1.807, 2.05) is 6.07 Å². The molecule has 0 bridgehead atoms. The largest absolute Gasteiger partial charge is 0.480 e.